The molecule has 2 N–H and O–H groups in total. The first kappa shape index (κ1) is 9.58. The third kappa shape index (κ3) is 1.93. The fraction of sp³-hybridized carbons (Fsp3) is 0. The van der Waals surface area contributed by atoms with E-state index >= 15 is 0 Å². The number of nitrogen functional groups attached to an aromatic ring is 1. The summed E-state index contributed by atoms with van der Waals surface area (Å²) in [6.45, 7) is 0. The second kappa shape index (κ2) is 3.65. The van der Waals surface area contributed by atoms with Gasteiger partial charge in [-0.25, -0.2) is 13.8 Å². The van der Waals surface area contributed by atoms with Gasteiger partial charge in [-0.15, -0.1) is 0 Å². The fourth-order valence-electron chi connectivity index (χ4n) is 1.27. The van der Waals surface area contributed by atoms with Crippen LogP contribution in [0.2, 0.25) is 0 Å². The van der Waals surface area contributed by atoms with Crippen LogP contribution in [-0.4, -0.2) is 4.98 Å². The van der Waals surface area contributed by atoms with E-state index in [1.807, 2.05) is 0 Å². The van der Waals surface area contributed by atoms with Crippen molar-refractivity contribution in [2.24, 2.45) is 0 Å². The highest BCUT2D eigenvalue weighted by Crippen LogP contribution is 2.21. The summed E-state index contributed by atoms with van der Waals surface area (Å²) in [6, 6.07) is 7.10. The van der Waals surface area contributed by atoms with Gasteiger partial charge in [0.2, 0.25) is 0 Å². The number of hydrogen-bond acceptors (Lipinski definition) is 2. The van der Waals surface area contributed by atoms with Crippen molar-refractivity contribution in [3.05, 3.63) is 48.2 Å². The number of benzene rings is 1. The van der Waals surface area contributed by atoms with Crippen molar-refractivity contribution in [3.63, 3.8) is 0 Å². The number of anilines is 1. The summed E-state index contributed by atoms with van der Waals surface area (Å²) in [6.07, 6.45) is 1.41. The molecular formula is C11H8F2N2. The number of hydrogen-bond donors (Lipinski definition) is 1. The minimum atomic E-state index is -0.600. The lowest BCUT2D eigenvalue weighted by Gasteiger charge is -2.02. The predicted molar refractivity (Wildman–Crippen MR) is 54.0 cm³/mol. The van der Waals surface area contributed by atoms with E-state index in [0.29, 0.717) is 11.1 Å². The van der Waals surface area contributed by atoms with Crippen LogP contribution in [0.15, 0.2) is 36.5 Å². The molecule has 0 unspecified atom stereocenters. The zero-order valence-electron chi connectivity index (χ0n) is 7.74. The average Bonchev–Trinajstić information content (AvgIpc) is 2.22. The van der Waals surface area contributed by atoms with Gasteiger partial charge in [-0.2, -0.15) is 0 Å². The quantitative estimate of drug-likeness (QED) is 0.778. The molecule has 0 fully saturated rings. The average molecular weight is 206 g/mol. The van der Waals surface area contributed by atoms with Crippen LogP contribution in [0.4, 0.5) is 14.6 Å². The second-order valence-electron chi connectivity index (χ2n) is 3.10. The minimum Gasteiger partial charge on any atom is -0.381 e. The lowest BCUT2D eigenvalue weighted by atomic mass is 10.1. The van der Waals surface area contributed by atoms with Gasteiger partial charge in [-0.05, 0) is 23.8 Å². The van der Waals surface area contributed by atoms with Crippen LogP contribution in [-0.2, 0) is 0 Å². The summed E-state index contributed by atoms with van der Waals surface area (Å²) < 4.78 is 26.0. The third-order valence-corrected chi connectivity index (χ3v) is 2.03. The number of pyridine rings is 1. The molecule has 2 nitrogen and oxygen atoms in total. The Hall–Kier alpha value is -1.97. The van der Waals surface area contributed by atoms with Crippen LogP contribution < -0.4 is 5.73 Å². The van der Waals surface area contributed by atoms with Crippen LogP contribution in [0.3, 0.4) is 0 Å². The molecule has 0 aliphatic carbocycles. The van der Waals surface area contributed by atoms with Crippen molar-refractivity contribution in [1.29, 1.82) is 0 Å². The number of aromatic nitrogens is 1. The molecule has 15 heavy (non-hydrogen) atoms. The van der Waals surface area contributed by atoms with E-state index in [2.05, 4.69) is 4.98 Å². The first-order valence-electron chi connectivity index (χ1n) is 4.34. The molecule has 1 aromatic carbocycles. The lowest BCUT2D eigenvalue weighted by molar-refractivity contribution is 0.625. The molecule has 0 spiro atoms. The molecule has 0 atom stereocenters. The molecule has 2 aromatic rings. The number of nitrogens with zero attached hydrogens (tertiary/aromatic N) is 1. The monoisotopic (exact) mass is 206 g/mol. The topological polar surface area (TPSA) is 38.9 Å². The molecular weight excluding hydrogens is 198 g/mol. The molecule has 1 heterocycles. The Morgan fingerprint density at radius 2 is 1.87 bits per heavy atom. The molecule has 0 bridgehead atoms. The highest BCUT2D eigenvalue weighted by atomic mass is 19.1. The maximum atomic E-state index is 13.1. The summed E-state index contributed by atoms with van der Waals surface area (Å²) >= 11 is 0. The Labute approximate surface area is 85.4 Å². The van der Waals surface area contributed by atoms with Crippen LogP contribution in [0.5, 0.6) is 0 Å². The van der Waals surface area contributed by atoms with Crippen LogP contribution >= 0.6 is 0 Å². The molecule has 76 valence electrons. The normalized spacial score (nSPS) is 10.3. The highest BCUT2D eigenvalue weighted by molar-refractivity contribution is 5.63. The van der Waals surface area contributed by atoms with Crippen LogP contribution in [0, 0.1) is 11.6 Å². The molecule has 0 amide bonds. The zero-order chi connectivity index (χ0) is 10.8. The lowest BCUT2D eigenvalue weighted by Crippen LogP contribution is -1.94. The van der Waals surface area contributed by atoms with Crippen molar-refractivity contribution in [1.82, 2.24) is 4.98 Å². The molecule has 0 aliphatic heterocycles. The summed E-state index contributed by atoms with van der Waals surface area (Å²) in [7, 11) is 0. The van der Waals surface area contributed by atoms with E-state index < -0.39 is 5.82 Å². The first-order chi connectivity index (χ1) is 7.16. The molecule has 0 aliphatic rings. The van der Waals surface area contributed by atoms with E-state index in [1.54, 1.807) is 12.1 Å². The Morgan fingerprint density at radius 3 is 2.53 bits per heavy atom. The molecule has 2 rings (SSSR count). The van der Waals surface area contributed by atoms with Gasteiger partial charge in [0.05, 0.1) is 0 Å². The Kier molecular flexibility index (Phi) is 2.33. The first-order valence-corrected chi connectivity index (χ1v) is 4.34. The van der Waals surface area contributed by atoms with Crippen molar-refractivity contribution in [3.8, 4) is 11.1 Å². The largest absolute Gasteiger partial charge is 0.381 e. The van der Waals surface area contributed by atoms with Crippen molar-refractivity contribution in [2.75, 3.05) is 5.73 Å². The molecule has 0 saturated carbocycles. The Bertz CT molecular complexity index is 498. The second-order valence-corrected chi connectivity index (χ2v) is 3.10. The van der Waals surface area contributed by atoms with Gasteiger partial charge in [0, 0.05) is 11.8 Å². The maximum Gasteiger partial charge on any atom is 0.165 e. The Morgan fingerprint density at radius 1 is 1.07 bits per heavy atom. The smallest absolute Gasteiger partial charge is 0.165 e. The zero-order valence-corrected chi connectivity index (χ0v) is 7.74. The van der Waals surface area contributed by atoms with E-state index in [1.165, 1.54) is 24.4 Å². The highest BCUT2D eigenvalue weighted by Gasteiger charge is 2.04. The van der Waals surface area contributed by atoms with Gasteiger partial charge in [0.15, 0.2) is 11.6 Å². The van der Waals surface area contributed by atoms with Gasteiger partial charge in [0.1, 0.15) is 5.82 Å². The van der Waals surface area contributed by atoms with E-state index in [9.17, 15) is 8.78 Å². The van der Waals surface area contributed by atoms with Gasteiger partial charge in [-0.3, -0.25) is 0 Å². The van der Waals surface area contributed by atoms with Gasteiger partial charge < -0.3 is 5.73 Å². The van der Waals surface area contributed by atoms with Gasteiger partial charge >= 0.3 is 0 Å². The molecule has 0 saturated heterocycles. The van der Waals surface area contributed by atoms with Crippen molar-refractivity contribution >= 4 is 5.82 Å². The SMILES string of the molecule is Nc1ncc(-c2cccc(F)c2)cc1F. The number of nitrogens with two attached hydrogens (primary N) is 1. The van der Waals surface area contributed by atoms with Crippen LogP contribution in [0.1, 0.15) is 0 Å². The summed E-state index contributed by atoms with van der Waals surface area (Å²) in [5, 5.41) is 0. The van der Waals surface area contributed by atoms with Gasteiger partial charge in [-0.1, -0.05) is 12.1 Å². The third-order valence-electron chi connectivity index (χ3n) is 2.03. The molecule has 1 aromatic heterocycles. The van der Waals surface area contributed by atoms with Crippen molar-refractivity contribution in [2.45, 2.75) is 0 Å². The maximum absolute atomic E-state index is 13.1. The number of halogens is 2. The van der Waals surface area contributed by atoms with Crippen LogP contribution in [0.25, 0.3) is 11.1 Å². The number of rotatable bonds is 1. The summed E-state index contributed by atoms with van der Waals surface area (Å²) in [5.74, 6) is -1.13. The predicted octanol–water partition coefficient (Wildman–Crippen LogP) is 2.61. The summed E-state index contributed by atoms with van der Waals surface area (Å²) in [4.78, 5) is 3.67. The van der Waals surface area contributed by atoms with Crippen molar-refractivity contribution < 1.29 is 8.78 Å². The fourth-order valence-corrected chi connectivity index (χ4v) is 1.27. The molecule has 4 heteroatoms. The Balaban J connectivity index is 2.50. The molecule has 0 radical (unpaired) electrons. The van der Waals surface area contributed by atoms with E-state index in [0.717, 1.165) is 0 Å². The van der Waals surface area contributed by atoms with E-state index in [4.69, 9.17) is 5.73 Å². The van der Waals surface area contributed by atoms with Gasteiger partial charge in [0.25, 0.3) is 0 Å². The summed E-state index contributed by atoms with van der Waals surface area (Å²) in [5.41, 5.74) is 6.31. The minimum absolute atomic E-state index is 0.157. The standard InChI is InChI=1S/C11H8F2N2/c12-9-3-1-2-7(4-9)8-5-10(13)11(14)15-6-8/h1-6H,(H2,14,15). The van der Waals surface area contributed by atoms with E-state index in [-0.39, 0.29) is 11.6 Å².